The molecule has 5 heteroatoms. The molecule has 0 unspecified atom stereocenters. The highest BCUT2D eigenvalue weighted by Gasteiger charge is 2.24. The van der Waals surface area contributed by atoms with Gasteiger partial charge in [-0.2, -0.15) is 0 Å². The number of rotatable bonds is 2. The molecule has 2 aromatic carbocycles. The number of ether oxygens (including phenoxy) is 1. The number of nitrogens with zero attached hydrogens (tertiary/aromatic N) is 1. The van der Waals surface area contributed by atoms with Crippen LogP contribution in [0.1, 0.15) is 37.5 Å². The SMILES string of the molecule is CC(C)(C)c1ccc(C2=N/C(=C/c3ccc(Cl)c(Cl)c3)C(=O)O2)cc1. The van der Waals surface area contributed by atoms with Gasteiger partial charge in [-0.15, -0.1) is 0 Å². The Morgan fingerprint density at radius 3 is 2.28 bits per heavy atom. The Bertz CT molecular complexity index is 891. The summed E-state index contributed by atoms with van der Waals surface area (Å²) >= 11 is 11.9. The van der Waals surface area contributed by atoms with Gasteiger partial charge in [0.25, 0.3) is 0 Å². The number of aliphatic imine (C=N–C) groups is 1. The van der Waals surface area contributed by atoms with Crippen molar-refractivity contribution in [2.45, 2.75) is 26.2 Å². The summed E-state index contributed by atoms with van der Waals surface area (Å²) in [6.07, 6.45) is 1.63. The summed E-state index contributed by atoms with van der Waals surface area (Å²) in [5, 5.41) is 0.880. The quantitative estimate of drug-likeness (QED) is 0.504. The Morgan fingerprint density at radius 1 is 1.00 bits per heavy atom. The molecule has 3 nitrogen and oxygen atoms in total. The standard InChI is InChI=1S/C20H17Cl2NO2/c1-20(2,3)14-7-5-13(6-8-14)18-23-17(19(24)25-18)11-12-4-9-15(21)16(22)10-12/h4-11H,1-3H3/b17-11+. The molecular weight excluding hydrogens is 357 g/mol. The lowest BCUT2D eigenvalue weighted by molar-refractivity contribution is -0.129. The zero-order valence-corrected chi connectivity index (χ0v) is 15.7. The molecule has 0 spiro atoms. The van der Waals surface area contributed by atoms with Crippen molar-refractivity contribution in [3.05, 3.63) is 74.9 Å². The zero-order chi connectivity index (χ0) is 18.2. The van der Waals surface area contributed by atoms with E-state index < -0.39 is 5.97 Å². The highest BCUT2D eigenvalue weighted by molar-refractivity contribution is 6.42. The monoisotopic (exact) mass is 373 g/mol. The maximum Gasteiger partial charge on any atom is 0.363 e. The molecule has 128 valence electrons. The molecule has 2 aromatic rings. The fourth-order valence-corrected chi connectivity index (χ4v) is 2.71. The Balaban J connectivity index is 1.89. The molecule has 0 radical (unpaired) electrons. The number of esters is 1. The molecule has 0 aliphatic carbocycles. The van der Waals surface area contributed by atoms with Crippen LogP contribution in [0.4, 0.5) is 0 Å². The number of hydrogen-bond donors (Lipinski definition) is 0. The summed E-state index contributed by atoms with van der Waals surface area (Å²) in [4.78, 5) is 16.4. The minimum absolute atomic E-state index is 0.0611. The molecule has 0 atom stereocenters. The van der Waals surface area contributed by atoms with Crippen molar-refractivity contribution in [2.75, 3.05) is 0 Å². The van der Waals surface area contributed by atoms with Crippen molar-refractivity contribution in [1.29, 1.82) is 0 Å². The Hall–Kier alpha value is -2.10. The number of carbonyl (C=O) groups is 1. The Labute approximate surface area is 156 Å². The molecule has 0 N–H and O–H groups in total. The summed E-state index contributed by atoms with van der Waals surface area (Å²) in [6.45, 7) is 6.44. The summed E-state index contributed by atoms with van der Waals surface area (Å²) in [5.41, 5.74) is 2.99. The largest absolute Gasteiger partial charge is 0.402 e. The molecule has 1 heterocycles. The fraction of sp³-hybridized carbons (Fsp3) is 0.200. The van der Waals surface area contributed by atoms with Crippen LogP contribution in [0.25, 0.3) is 6.08 Å². The van der Waals surface area contributed by atoms with Crippen LogP contribution in [-0.4, -0.2) is 11.9 Å². The first kappa shape index (κ1) is 17.7. The molecule has 0 bridgehead atoms. The van der Waals surface area contributed by atoms with E-state index in [9.17, 15) is 4.79 Å². The maximum atomic E-state index is 12.1. The average molecular weight is 374 g/mol. The molecule has 25 heavy (non-hydrogen) atoms. The molecule has 3 rings (SSSR count). The Morgan fingerprint density at radius 2 is 1.68 bits per heavy atom. The first-order valence-electron chi connectivity index (χ1n) is 7.82. The predicted molar refractivity (Wildman–Crippen MR) is 102 cm³/mol. The van der Waals surface area contributed by atoms with Crippen LogP contribution >= 0.6 is 23.2 Å². The summed E-state index contributed by atoms with van der Waals surface area (Å²) in [5.74, 6) is -0.183. The van der Waals surface area contributed by atoms with E-state index in [0.29, 0.717) is 15.9 Å². The van der Waals surface area contributed by atoms with E-state index in [1.807, 2.05) is 24.3 Å². The third-order valence-electron chi connectivity index (χ3n) is 3.87. The van der Waals surface area contributed by atoms with Crippen LogP contribution in [0.15, 0.2) is 53.2 Å². The second-order valence-corrected chi connectivity index (χ2v) is 7.65. The lowest BCUT2D eigenvalue weighted by Crippen LogP contribution is -2.11. The average Bonchev–Trinajstić information content (AvgIpc) is 2.91. The third-order valence-corrected chi connectivity index (χ3v) is 4.60. The molecule has 0 aromatic heterocycles. The van der Waals surface area contributed by atoms with Gasteiger partial charge in [-0.1, -0.05) is 62.2 Å². The second kappa shape index (κ2) is 6.66. The smallest absolute Gasteiger partial charge is 0.363 e. The first-order valence-corrected chi connectivity index (χ1v) is 8.58. The highest BCUT2D eigenvalue weighted by atomic mass is 35.5. The minimum atomic E-state index is -0.485. The van der Waals surface area contributed by atoms with Crippen molar-refractivity contribution in [2.24, 2.45) is 4.99 Å². The number of carbonyl (C=O) groups excluding carboxylic acids is 1. The van der Waals surface area contributed by atoms with Crippen LogP contribution in [0.2, 0.25) is 10.0 Å². The molecule has 0 saturated carbocycles. The third kappa shape index (κ3) is 3.94. The Kier molecular flexibility index (Phi) is 4.72. The summed E-state index contributed by atoms with van der Waals surface area (Å²) < 4.78 is 5.30. The van der Waals surface area contributed by atoms with Crippen LogP contribution in [0, 0.1) is 0 Å². The number of halogens is 2. The van der Waals surface area contributed by atoms with Gasteiger partial charge in [-0.3, -0.25) is 0 Å². The van der Waals surface area contributed by atoms with Gasteiger partial charge in [-0.25, -0.2) is 9.79 Å². The van der Waals surface area contributed by atoms with E-state index in [1.165, 1.54) is 5.56 Å². The van der Waals surface area contributed by atoms with Crippen molar-refractivity contribution in [1.82, 2.24) is 0 Å². The van der Waals surface area contributed by atoms with Gasteiger partial charge >= 0.3 is 5.97 Å². The first-order chi connectivity index (χ1) is 11.7. The van der Waals surface area contributed by atoms with Gasteiger partial charge in [0.15, 0.2) is 5.70 Å². The number of cyclic esters (lactones) is 1. The van der Waals surface area contributed by atoms with Gasteiger partial charge in [0.1, 0.15) is 0 Å². The van der Waals surface area contributed by atoms with Gasteiger partial charge in [-0.05, 0) is 46.9 Å². The molecule has 0 fully saturated rings. The van der Waals surface area contributed by atoms with Gasteiger partial charge in [0, 0.05) is 5.56 Å². The van der Waals surface area contributed by atoms with Crippen LogP contribution in [0.5, 0.6) is 0 Å². The van der Waals surface area contributed by atoms with Gasteiger partial charge in [0.2, 0.25) is 5.90 Å². The molecule has 0 saturated heterocycles. The van der Waals surface area contributed by atoms with E-state index in [2.05, 4.69) is 25.8 Å². The van der Waals surface area contributed by atoms with E-state index in [0.717, 1.165) is 11.1 Å². The van der Waals surface area contributed by atoms with E-state index in [-0.39, 0.29) is 11.1 Å². The van der Waals surface area contributed by atoms with Crippen molar-refractivity contribution < 1.29 is 9.53 Å². The molecule has 1 aliphatic heterocycles. The summed E-state index contributed by atoms with van der Waals surface area (Å²) in [7, 11) is 0. The van der Waals surface area contributed by atoms with E-state index >= 15 is 0 Å². The van der Waals surface area contributed by atoms with Gasteiger partial charge in [0.05, 0.1) is 10.0 Å². The molecule has 0 amide bonds. The van der Waals surface area contributed by atoms with Crippen molar-refractivity contribution in [3.63, 3.8) is 0 Å². The zero-order valence-electron chi connectivity index (χ0n) is 14.1. The van der Waals surface area contributed by atoms with Crippen molar-refractivity contribution in [3.8, 4) is 0 Å². The van der Waals surface area contributed by atoms with Gasteiger partial charge < -0.3 is 4.74 Å². The van der Waals surface area contributed by atoms with Crippen LogP contribution < -0.4 is 0 Å². The molecular formula is C20H17Cl2NO2. The predicted octanol–water partition coefficient (Wildman–Crippen LogP) is 5.64. The normalized spacial score (nSPS) is 16.1. The van der Waals surface area contributed by atoms with Crippen LogP contribution in [-0.2, 0) is 14.9 Å². The minimum Gasteiger partial charge on any atom is -0.402 e. The van der Waals surface area contributed by atoms with Crippen molar-refractivity contribution >= 4 is 41.1 Å². The highest BCUT2D eigenvalue weighted by Crippen LogP contribution is 2.26. The fourth-order valence-electron chi connectivity index (χ4n) is 2.41. The maximum absolute atomic E-state index is 12.1. The topological polar surface area (TPSA) is 38.7 Å². The van der Waals surface area contributed by atoms with E-state index in [4.69, 9.17) is 27.9 Å². The summed E-state index contributed by atoms with van der Waals surface area (Å²) in [6, 6.07) is 13.0. The molecule has 1 aliphatic rings. The number of hydrogen-bond acceptors (Lipinski definition) is 3. The lowest BCUT2D eigenvalue weighted by Gasteiger charge is -2.18. The van der Waals surface area contributed by atoms with Crippen LogP contribution in [0.3, 0.4) is 0 Å². The lowest BCUT2D eigenvalue weighted by atomic mass is 9.87. The number of benzene rings is 2. The van der Waals surface area contributed by atoms with E-state index in [1.54, 1.807) is 24.3 Å². The second-order valence-electron chi connectivity index (χ2n) is 6.84.